The van der Waals surface area contributed by atoms with Gasteiger partial charge in [0, 0.05) is 39.2 Å². The molecule has 0 aliphatic carbocycles. The lowest BCUT2D eigenvalue weighted by molar-refractivity contribution is 0.0827. The summed E-state index contributed by atoms with van der Waals surface area (Å²) in [6, 6.07) is 17.6. The van der Waals surface area contributed by atoms with E-state index < -0.39 is 6.10 Å². The summed E-state index contributed by atoms with van der Waals surface area (Å²) in [5.41, 5.74) is 2.88. The molecule has 3 N–H and O–H groups in total. The maximum atomic E-state index is 12.1. The molecule has 0 saturated heterocycles. The van der Waals surface area contributed by atoms with Crippen LogP contribution in [-0.4, -0.2) is 61.7 Å². The number of aliphatic imine (C=N–C) groups is 1. The van der Waals surface area contributed by atoms with Gasteiger partial charge in [-0.15, -0.1) is 0 Å². The molecule has 0 saturated carbocycles. The normalized spacial score (nSPS) is 12.3. The molecular weight excluding hydrogens is 364 g/mol. The van der Waals surface area contributed by atoms with Gasteiger partial charge in [-0.25, -0.2) is 0 Å². The van der Waals surface area contributed by atoms with E-state index in [2.05, 4.69) is 15.6 Å². The van der Waals surface area contributed by atoms with E-state index in [1.54, 1.807) is 19.0 Å². The van der Waals surface area contributed by atoms with Gasteiger partial charge >= 0.3 is 0 Å². The smallest absolute Gasteiger partial charge is 0.253 e. The molecule has 2 rings (SSSR count). The number of nitrogens with one attached hydrogen (secondary N) is 2. The predicted octanol–water partition coefficient (Wildman–Crippen LogP) is 2.09. The van der Waals surface area contributed by atoms with Crippen molar-refractivity contribution in [1.82, 2.24) is 15.5 Å². The van der Waals surface area contributed by atoms with Gasteiger partial charge in [0.05, 0.1) is 12.6 Å². The van der Waals surface area contributed by atoms with Crippen molar-refractivity contribution in [3.63, 3.8) is 0 Å². The minimum atomic E-state index is -0.526. The van der Waals surface area contributed by atoms with Gasteiger partial charge in [-0.2, -0.15) is 0 Å². The second-order valence-corrected chi connectivity index (χ2v) is 7.14. The molecule has 0 aliphatic heterocycles. The Balaban J connectivity index is 1.86. The minimum Gasteiger partial charge on any atom is -0.391 e. The lowest BCUT2D eigenvalue weighted by Crippen LogP contribution is -2.39. The third kappa shape index (κ3) is 7.95. The van der Waals surface area contributed by atoms with E-state index in [9.17, 15) is 9.90 Å². The number of carbonyl (C=O) groups excluding carboxylic acids is 1. The van der Waals surface area contributed by atoms with Crippen molar-refractivity contribution in [2.75, 3.05) is 33.7 Å². The Kier molecular flexibility index (Phi) is 9.18. The zero-order valence-electron chi connectivity index (χ0n) is 17.6. The topological polar surface area (TPSA) is 77.0 Å². The van der Waals surface area contributed by atoms with Gasteiger partial charge in [0.2, 0.25) is 0 Å². The van der Waals surface area contributed by atoms with Crippen LogP contribution in [0.15, 0.2) is 59.6 Å². The number of hydrogen-bond donors (Lipinski definition) is 3. The van der Waals surface area contributed by atoms with Gasteiger partial charge in [0.15, 0.2) is 5.96 Å². The highest BCUT2D eigenvalue weighted by Crippen LogP contribution is 2.08. The molecule has 0 radical (unpaired) electrons. The van der Waals surface area contributed by atoms with Crippen LogP contribution in [0.4, 0.5) is 0 Å². The van der Waals surface area contributed by atoms with Crippen LogP contribution in [0.2, 0.25) is 0 Å². The summed E-state index contributed by atoms with van der Waals surface area (Å²) in [5.74, 6) is 0.683. The summed E-state index contributed by atoms with van der Waals surface area (Å²) in [7, 11) is 3.50. The van der Waals surface area contributed by atoms with Crippen molar-refractivity contribution in [3.05, 3.63) is 71.3 Å². The number of amides is 1. The maximum absolute atomic E-state index is 12.1. The number of aliphatic hydroxyl groups excluding tert-OH is 1. The first kappa shape index (κ1) is 22.4. The summed E-state index contributed by atoms with van der Waals surface area (Å²) in [5, 5.41) is 16.7. The molecule has 0 bridgehead atoms. The van der Waals surface area contributed by atoms with Crippen molar-refractivity contribution in [3.8, 4) is 0 Å². The highest BCUT2D eigenvalue weighted by molar-refractivity contribution is 5.94. The molecule has 2 aromatic carbocycles. The first-order valence-corrected chi connectivity index (χ1v) is 10.0. The lowest BCUT2D eigenvalue weighted by atomic mass is 10.1. The van der Waals surface area contributed by atoms with Crippen LogP contribution in [0, 0.1) is 0 Å². The summed E-state index contributed by atoms with van der Waals surface area (Å²) >= 11 is 0. The van der Waals surface area contributed by atoms with Gasteiger partial charge in [0.25, 0.3) is 5.91 Å². The highest BCUT2D eigenvalue weighted by atomic mass is 16.3. The Morgan fingerprint density at radius 2 is 1.79 bits per heavy atom. The van der Waals surface area contributed by atoms with E-state index in [1.807, 2.05) is 61.5 Å². The fourth-order valence-electron chi connectivity index (χ4n) is 2.93. The van der Waals surface area contributed by atoms with Crippen LogP contribution >= 0.6 is 0 Å². The Morgan fingerprint density at radius 3 is 2.48 bits per heavy atom. The van der Waals surface area contributed by atoms with Gasteiger partial charge in [-0.05, 0) is 36.6 Å². The Hall–Kier alpha value is -2.86. The molecule has 1 atom stereocenters. The fraction of sp³-hybridized carbons (Fsp3) is 0.391. The first-order chi connectivity index (χ1) is 14.0. The minimum absolute atomic E-state index is 0.00196. The van der Waals surface area contributed by atoms with E-state index in [0.29, 0.717) is 31.0 Å². The molecule has 0 aliphatic rings. The largest absolute Gasteiger partial charge is 0.391 e. The van der Waals surface area contributed by atoms with Crippen molar-refractivity contribution >= 4 is 11.9 Å². The highest BCUT2D eigenvalue weighted by Gasteiger charge is 2.09. The lowest BCUT2D eigenvalue weighted by Gasteiger charge is -2.14. The quantitative estimate of drug-likeness (QED) is 0.448. The number of benzene rings is 2. The predicted molar refractivity (Wildman–Crippen MR) is 118 cm³/mol. The van der Waals surface area contributed by atoms with Crippen LogP contribution in [0.5, 0.6) is 0 Å². The standard InChI is InChI=1S/C23H32N4O2/c1-4-24-23(26-17-21(28)16-18-9-6-5-7-10-18)25-14-13-19-11-8-12-20(15-19)22(29)27(2)3/h5-12,15,21,28H,4,13-14,16-17H2,1-3H3,(H2,24,25,26). The van der Waals surface area contributed by atoms with E-state index in [1.165, 1.54) is 0 Å². The molecule has 1 unspecified atom stereocenters. The summed E-state index contributed by atoms with van der Waals surface area (Å²) in [6.07, 6.45) is 0.823. The number of aliphatic hydroxyl groups is 1. The number of nitrogens with zero attached hydrogens (tertiary/aromatic N) is 2. The molecule has 0 heterocycles. The van der Waals surface area contributed by atoms with Crippen LogP contribution in [0.25, 0.3) is 0 Å². The fourth-order valence-corrected chi connectivity index (χ4v) is 2.93. The van der Waals surface area contributed by atoms with Crippen molar-refractivity contribution in [2.45, 2.75) is 25.9 Å². The molecule has 0 aromatic heterocycles. The number of guanidine groups is 1. The molecule has 1 amide bonds. The average Bonchev–Trinajstić information content (AvgIpc) is 2.72. The van der Waals surface area contributed by atoms with Crippen LogP contribution in [0.1, 0.15) is 28.4 Å². The second kappa shape index (κ2) is 11.9. The van der Waals surface area contributed by atoms with E-state index in [-0.39, 0.29) is 5.91 Å². The Bertz CT molecular complexity index is 790. The van der Waals surface area contributed by atoms with Crippen LogP contribution in [0.3, 0.4) is 0 Å². The first-order valence-electron chi connectivity index (χ1n) is 10.0. The number of carbonyl (C=O) groups is 1. The molecule has 2 aromatic rings. The van der Waals surface area contributed by atoms with Crippen molar-refractivity contribution in [1.29, 1.82) is 0 Å². The van der Waals surface area contributed by atoms with Gasteiger partial charge in [-0.1, -0.05) is 42.5 Å². The number of hydrogen-bond acceptors (Lipinski definition) is 3. The van der Waals surface area contributed by atoms with Gasteiger partial charge < -0.3 is 20.6 Å². The Morgan fingerprint density at radius 1 is 1.07 bits per heavy atom. The third-order valence-corrected chi connectivity index (χ3v) is 4.40. The van der Waals surface area contributed by atoms with Crippen molar-refractivity contribution < 1.29 is 9.90 Å². The molecule has 6 heteroatoms. The van der Waals surface area contributed by atoms with Crippen LogP contribution < -0.4 is 10.6 Å². The zero-order valence-corrected chi connectivity index (χ0v) is 17.6. The molecule has 0 fully saturated rings. The molecule has 0 spiro atoms. The molecule has 156 valence electrons. The van der Waals surface area contributed by atoms with Crippen molar-refractivity contribution in [2.24, 2.45) is 4.99 Å². The van der Waals surface area contributed by atoms with Gasteiger partial charge in [-0.3, -0.25) is 9.79 Å². The van der Waals surface area contributed by atoms with Crippen LogP contribution in [-0.2, 0) is 12.8 Å². The van der Waals surface area contributed by atoms with E-state index in [0.717, 1.165) is 24.1 Å². The monoisotopic (exact) mass is 396 g/mol. The summed E-state index contributed by atoms with van der Waals surface area (Å²) in [4.78, 5) is 18.2. The Labute approximate surface area is 173 Å². The van der Waals surface area contributed by atoms with E-state index >= 15 is 0 Å². The molecule has 6 nitrogen and oxygen atoms in total. The van der Waals surface area contributed by atoms with E-state index in [4.69, 9.17) is 0 Å². The molecule has 29 heavy (non-hydrogen) atoms. The maximum Gasteiger partial charge on any atom is 0.253 e. The molecular formula is C23H32N4O2. The summed E-state index contributed by atoms with van der Waals surface area (Å²) in [6.45, 7) is 3.76. The SMILES string of the molecule is CCNC(=NCC(O)Cc1ccccc1)NCCc1cccc(C(=O)N(C)C)c1. The van der Waals surface area contributed by atoms with Gasteiger partial charge in [0.1, 0.15) is 0 Å². The number of rotatable bonds is 9. The second-order valence-electron chi connectivity index (χ2n) is 7.14. The summed E-state index contributed by atoms with van der Waals surface area (Å²) < 4.78 is 0. The zero-order chi connectivity index (χ0) is 21.1. The third-order valence-electron chi connectivity index (χ3n) is 4.40. The average molecular weight is 397 g/mol.